The third kappa shape index (κ3) is 1.79. The standard InChI is InChI=1S/C11H15N5O4/c12-6-1-4-7(10(13)15-6)14-3-16(4)11-9(19)8(18)5(2-17)20-11/h1,3,5,8-9,11,17-19H,2H2,(H4,12,13,15)/t5-,8-,9+,11-/m1/s1. The Bertz CT molecular complexity index is 645. The number of anilines is 2. The van der Waals surface area contributed by atoms with Gasteiger partial charge in [-0.2, -0.15) is 0 Å². The molecule has 0 aromatic carbocycles. The summed E-state index contributed by atoms with van der Waals surface area (Å²) in [5, 5.41) is 28.9. The van der Waals surface area contributed by atoms with Gasteiger partial charge in [-0.1, -0.05) is 0 Å². The van der Waals surface area contributed by atoms with Gasteiger partial charge in [-0.15, -0.1) is 0 Å². The summed E-state index contributed by atoms with van der Waals surface area (Å²) in [4.78, 5) is 7.99. The fourth-order valence-corrected chi connectivity index (χ4v) is 2.39. The van der Waals surface area contributed by atoms with Crippen molar-refractivity contribution in [2.75, 3.05) is 18.1 Å². The molecule has 0 unspecified atom stereocenters. The first-order valence-electron chi connectivity index (χ1n) is 6.04. The maximum atomic E-state index is 10.0. The Hall–Kier alpha value is -1.94. The largest absolute Gasteiger partial charge is 0.394 e. The van der Waals surface area contributed by atoms with Crippen LogP contribution in [0.15, 0.2) is 12.4 Å². The predicted molar refractivity (Wildman–Crippen MR) is 69.4 cm³/mol. The minimum absolute atomic E-state index is 0.172. The fourth-order valence-electron chi connectivity index (χ4n) is 2.39. The first-order valence-corrected chi connectivity index (χ1v) is 6.04. The first-order chi connectivity index (χ1) is 9.52. The molecule has 7 N–H and O–H groups in total. The maximum Gasteiger partial charge on any atom is 0.164 e. The Morgan fingerprint density at radius 1 is 1.30 bits per heavy atom. The van der Waals surface area contributed by atoms with Crippen LogP contribution in [0.3, 0.4) is 0 Å². The quantitative estimate of drug-likeness (QED) is 0.432. The van der Waals surface area contributed by atoms with Gasteiger partial charge in [-0.05, 0) is 0 Å². The Labute approximate surface area is 113 Å². The molecule has 1 saturated heterocycles. The second-order valence-electron chi connectivity index (χ2n) is 4.68. The Balaban J connectivity index is 2.07. The van der Waals surface area contributed by atoms with E-state index in [0.717, 1.165) is 0 Å². The van der Waals surface area contributed by atoms with E-state index in [1.54, 1.807) is 6.07 Å². The van der Waals surface area contributed by atoms with Crippen LogP contribution in [0.2, 0.25) is 0 Å². The number of aliphatic hydroxyl groups is 3. The zero-order chi connectivity index (χ0) is 14.4. The third-order valence-electron chi connectivity index (χ3n) is 3.40. The van der Waals surface area contributed by atoms with Gasteiger partial charge >= 0.3 is 0 Å². The minimum Gasteiger partial charge on any atom is -0.394 e. The van der Waals surface area contributed by atoms with Crippen LogP contribution >= 0.6 is 0 Å². The number of hydrogen-bond acceptors (Lipinski definition) is 8. The van der Waals surface area contributed by atoms with Gasteiger partial charge in [0.05, 0.1) is 18.5 Å². The molecule has 9 heteroatoms. The van der Waals surface area contributed by atoms with Crippen molar-refractivity contribution in [1.29, 1.82) is 0 Å². The molecule has 4 atom stereocenters. The van der Waals surface area contributed by atoms with E-state index in [2.05, 4.69) is 9.97 Å². The van der Waals surface area contributed by atoms with Crippen molar-refractivity contribution in [1.82, 2.24) is 14.5 Å². The highest BCUT2D eigenvalue weighted by Gasteiger charge is 2.43. The molecule has 0 saturated carbocycles. The molecular formula is C11H15N5O4. The lowest BCUT2D eigenvalue weighted by Gasteiger charge is -2.17. The molecule has 108 valence electrons. The average molecular weight is 281 g/mol. The monoisotopic (exact) mass is 281 g/mol. The number of aliphatic hydroxyl groups excluding tert-OH is 3. The second-order valence-corrected chi connectivity index (χ2v) is 4.68. The highest BCUT2D eigenvalue weighted by Crippen LogP contribution is 2.32. The fraction of sp³-hybridized carbons (Fsp3) is 0.455. The molecule has 1 aliphatic heterocycles. The van der Waals surface area contributed by atoms with E-state index in [0.29, 0.717) is 11.0 Å². The summed E-state index contributed by atoms with van der Waals surface area (Å²) < 4.78 is 6.95. The zero-order valence-corrected chi connectivity index (χ0v) is 10.4. The molecule has 0 spiro atoms. The second kappa shape index (κ2) is 4.56. The van der Waals surface area contributed by atoms with Crippen molar-refractivity contribution in [3.63, 3.8) is 0 Å². The molecule has 3 rings (SSSR count). The Kier molecular flexibility index (Phi) is 2.98. The molecule has 0 radical (unpaired) electrons. The number of hydrogen-bond donors (Lipinski definition) is 5. The van der Waals surface area contributed by atoms with Gasteiger partial charge in [0.2, 0.25) is 0 Å². The van der Waals surface area contributed by atoms with Crippen LogP contribution in [0.1, 0.15) is 6.23 Å². The summed E-state index contributed by atoms with van der Waals surface area (Å²) in [5.74, 6) is 0.383. The van der Waals surface area contributed by atoms with Crippen LogP contribution in [0.5, 0.6) is 0 Å². The van der Waals surface area contributed by atoms with Crippen LogP contribution < -0.4 is 11.5 Å². The van der Waals surface area contributed by atoms with Crippen LogP contribution in [-0.4, -0.2) is 54.8 Å². The van der Waals surface area contributed by atoms with E-state index >= 15 is 0 Å². The lowest BCUT2D eigenvalue weighted by atomic mass is 10.1. The van der Waals surface area contributed by atoms with E-state index < -0.39 is 31.1 Å². The molecule has 2 aromatic heterocycles. The number of nitrogens with zero attached hydrogens (tertiary/aromatic N) is 3. The van der Waals surface area contributed by atoms with Crippen molar-refractivity contribution in [2.24, 2.45) is 0 Å². The number of ether oxygens (including phenoxy) is 1. The lowest BCUT2D eigenvalue weighted by Crippen LogP contribution is -2.33. The average Bonchev–Trinajstić information content (AvgIpc) is 2.93. The van der Waals surface area contributed by atoms with Gasteiger partial charge in [0.15, 0.2) is 12.0 Å². The van der Waals surface area contributed by atoms with E-state index in [-0.39, 0.29) is 11.6 Å². The zero-order valence-electron chi connectivity index (χ0n) is 10.4. The molecule has 0 aliphatic carbocycles. The van der Waals surface area contributed by atoms with Crippen LogP contribution in [-0.2, 0) is 4.74 Å². The van der Waals surface area contributed by atoms with Crippen molar-refractivity contribution >= 4 is 22.7 Å². The number of pyridine rings is 1. The molecule has 1 aliphatic rings. The maximum absolute atomic E-state index is 10.0. The van der Waals surface area contributed by atoms with Gasteiger partial charge in [0, 0.05) is 6.07 Å². The summed E-state index contributed by atoms with van der Waals surface area (Å²) in [6.45, 7) is -0.396. The highest BCUT2D eigenvalue weighted by atomic mass is 16.6. The summed E-state index contributed by atoms with van der Waals surface area (Å²) in [6, 6.07) is 1.55. The van der Waals surface area contributed by atoms with Crippen molar-refractivity contribution in [3.05, 3.63) is 12.4 Å². The summed E-state index contributed by atoms with van der Waals surface area (Å²) in [5.41, 5.74) is 12.3. The molecule has 3 heterocycles. The molecule has 0 bridgehead atoms. The molecule has 9 nitrogen and oxygen atoms in total. The minimum atomic E-state index is -1.19. The molecular weight excluding hydrogens is 266 g/mol. The third-order valence-corrected chi connectivity index (χ3v) is 3.40. The molecule has 1 fully saturated rings. The summed E-state index contributed by atoms with van der Waals surface area (Å²) >= 11 is 0. The van der Waals surface area contributed by atoms with Crippen LogP contribution in [0.25, 0.3) is 11.0 Å². The number of aromatic nitrogens is 3. The topological polar surface area (TPSA) is 153 Å². The van der Waals surface area contributed by atoms with Gasteiger partial charge in [-0.25, -0.2) is 9.97 Å². The molecule has 2 aromatic rings. The van der Waals surface area contributed by atoms with Crippen molar-refractivity contribution < 1.29 is 20.1 Å². The number of rotatable bonds is 2. The van der Waals surface area contributed by atoms with E-state index in [4.69, 9.17) is 21.3 Å². The number of nitrogen functional groups attached to an aromatic ring is 2. The van der Waals surface area contributed by atoms with E-state index in [1.165, 1.54) is 10.9 Å². The van der Waals surface area contributed by atoms with Crippen molar-refractivity contribution in [3.8, 4) is 0 Å². The van der Waals surface area contributed by atoms with Gasteiger partial charge in [-0.3, -0.25) is 0 Å². The lowest BCUT2D eigenvalue weighted by molar-refractivity contribution is -0.0508. The number of imidazole rings is 1. The Morgan fingerprint density at radius 3 is 2.70 bits per heavy atom. The van der Waals surface area contributed by atoms with Gasteiger partial charge < -0.3 is 36.1 Å². The first kappa shape index (κ1) is 13.1. The van der Waals surface area contributed by atoms with Crippen LogP contribution in [0.4, 0.5) is 11.6 Å². The molecule has 0 amide bonds. The Morgan fingerprint density at radius 2 is 2.05 bits per heavy atom. The van der Waals surface area contributed by atoms with Gasteiger partial charge in [0.1, 0.15) is 29.6 Å². The van der Waals surface area contributed by atoms with E-state index in [9.17, 15) is 10.2 Å². The van der Waals surface area contributed by atoms with Crippen LogP contribution in [0, 0.1) is 0 Å². The van der Waals surface area contributed by atoms with Crippen molar-refractivity contribution in [2.45, 2.75) is 24.5 Å². The predicted octanol–water partition coefficient (Wildman–Crippen LogP) is -1.79. The SMILES string of the molecule is Nc1cc2c(ncn2[C@@H]2O[C@H](CO)[C@@H](O)[C@@H]2O)c(N)n1. The number of fused-ring (bicyclic) bond motifs is 1. The smallest absolute Gasteiger partial charge is 0.164 e. The normalized spacial score (nSPS) is 30.1. The highest BCUT2D eigenvalue weighted by molar-refractivity contribution is 5.87. The van der Waals surface area contributed by atoms with E-state index in [1.807, 2.05) is 0 Å². The summed E-state index contributed by atoms with van der Waals surface area (Å²) in [7, 11) is 0. The number of nitrogens with two attached hydrogens (primary N) is 2. The molecule has 20 heavy (non-hydrogen) atoms. The van der Waals surface area contributed by atoms with Gasteiger partial charge in [0.25, 0.3) is 0 Å². The summed E-state index contributed by atoms with van der Waals surface area (Å²) in [6.07, 6.45) is -2.70.